The summed E-state index contributed by atoms with van der Waals surface area (Å²) in [5, 5.41) is 6.07. The molecule has 0 aliphatic carbocycles. The molecule has 2 saturated heterocycles. The first-order chi connectivity index (χ1) is 19.0. The predicted molar refractivity (Wildman–Crippen MR) is 154 cm³/mol. The lowest BCUT2D eigenvalue weighted by Crippen LogP contribution is -2.72. The molecule has 0 aromatic heterocycles. The molecular formula is C32H44N4O3. The molecule has 7 nitrogen and oxygen atoms in total. The average molecular weight is 533 g/mol. The summed E-state index contributed by atoms with van der Waals surface area (Å²) in [6, 6.07) is 20.0. The number of piperazine rings is 1. The van der Waals surface area contributed by atoms with Crippen LogP contribution >= 0.6 is 0 Å². The first kappa shape index (κ1) is 28.8. The summed E-state index contributed by atoms with van der Waals surface area (Å²) < 4.78 is 0. The molecule has 2 aliphatic heterocycles. The number of benzene rings is 2. The third kappa shape index (κ3) is 7.69. The van der Waals surface area contributed by atoms with Gasteiger partial charge in [0.05, 0.1) is 0 Å². The van der Waals surface area contributed by atoms with E-state index in [1.165, 1.54) is 5.56 Å². The minimum atomic E-state index is -0.723. The summed E-state index contributed by atoms with van der Waals surface area (Å²) in [6.45, 7) is 5.88. The molecule has 0 radical (unpaired) electrons. The second-order valence-corrected chi connectivity index (χ2v) is 11.0. The van der Waals surface area contributed by atoms with Crippen molar-refractivity contribution >= 4 is 17.7 Å². The van der Waals surface area contributed by atoms with Gasteiger partial charge < -0.3 is 20.4 Å². The molecule has 4 rings (SSSR count). The van der Waals surface area contributed by atoms with E-state index in [9.17, 15) is 14.4 Å². The number of hydrogen-bond acceptors (Lipinski definition) is 4. The number of carbonyl (C=O) groups is 3. The van der Waals surface area contributed by atoms with E-state index in [4.69, 9.17) is 0 Å². The summed E-state index contributed by atoms with van der Waals surface area (Å²) in [7, 11) is 0. The summed E-state index contributed by atoms with van der Waals surface area (Å²) in [6.07, 6.45) is 6.55. The van der Waals surface area contributed by atoms with Crippen LogP contribution < -0.4 is 10.6 Å². The SMILES string of the molecule is CCCN1C(=O)[C@H](CCCCNC(=O)CCc2ccccc2)NC(=O)C12CCN(CCc1ccccc1)CC2. The zero-order valence-electron chi connectivity index (χ0n) is 23.4. The second-order valence-electron chi connectivity index (χ2n) is 11.0. The van der Waals surface area contributed by atoms with Crippen LogP contribution in [-0.4, -0.2) is 71.8 Å². The van der Waals surface area contributed by atoms with Gasteiger partial charge in [-0.05, 0) is 62.5 Å². The number of nitrogens with zero attached hydrogens (tertiary/aromatic N) is 2. The Morgan fingerprint density at radius 3 is 2.21 bits per heavy atom. The van der Waals surface area contributed by atoms with Crippen LogP contribution in [0.25, 0.3) is 0 Å². The maximum atomic E-state index is 13.5. The van der Waals surface area contributed by atoms with Gasteiger partial charge in [0.25, 0.3) is 0 Å². The fourth-order valence-electron chi connectivity index (χ4n) is 5.89. The lowest BCUT2D eigenvalue weighted by Gasteiger charge is -2.51. The Morgan fingerprint density at radius 1 is 0.923 bits per heavy atom. The third-order valence-electron chi connectivity index (χ3n) is 8.22. The molecule has 3 amide bonds. The lowest BCUT2D eigenvalue weighted by molar-refractivity contribution is -0.161. The Hall–Kier alpha value is -3.19. The van der Waals surface area contributed by atoms with Crippen LogP contribution in [0.1, 0.15) is 63.0 Å². The summed E-state index contributed by atoms with van der Waals surface area (Å²) in [5.41, 5.74) is 1.76. The van der Waals surface area contributed by atoms with Gasteiger partial charge in [-0.1, -0.05) is 67.6 Å². The molecule has 2 heterocycles. The van der Waals surface area contributed by atoms with E-state index in [1.54, 1.807) is 0 Å². The highest BCUT2D eigenvalue weighted by atomic mass is 16.2. The number of carbonyl (C=O) groups excluding carboxylic acids is 3. The van der Waals surface area contributed by atoms with E-state index < -0.39 is 11.6 Å². The molecule has 2 aromatic rings. The normalized spacial score (nSPS) is 19.2. The van der Waals surface area contributed by atoms with Gasteiger partial charge in [-0.25, -0.2) is 0 Å². The molecule has 210 valence electrons. The molecule has 2 fully saturated rings. The van der Waals surface area contributed by atoms with Crippen molar-refractivity contribution in [1.82, 2.24) is 20.4 Å². The van der Waals surface area contributed by atoms with Crippen molar-refractivity contribution in [2.75, 3.05) is 32.7 Å². The minimum Gasteiger partial charge on any atom is -0.356 e. The summed E-state index contributed by atoms with van der Waals surface area (Å²) >= 11 is 0. The molecule has 1 atom stereocenters. The minimum absolute atomic E-state index is 0.0116. The van der Waals surface area contributed by atoms with Crippen LogP contribution in [-0.2, 0) is 27.2 Å². The number of hydrogen-bond donors (Lipinski definition) is 2. The van der Waals surface area contributed by atoms with Crippen molar-refractivity contribution < 1.29 is 14.4 Å². The van der Waals surface area contributed by atoms with E-state index in [1.807, 2.05) is 41.3 Å². The Balaban J connectivity index is 1.21. The summed E-state index contributed by atoms with van der Waals surface area (Å²) in [4.78, 5) is 43.5. The van der Waals surface area contributed by atoms with Gasteiger partial charge in [0, 0.05) is 39.1 Å². The number of amides is 3. The fourth-order valence-corrected chi connectivity index (χ4v) is 5.89. The predicted octanol–water partition coefficient (Wildman–Crippen LogP) is 3.72. The molecular weight excluding hydrogens is 488 g/mol. The zero-order valence-corrected chi connectivity index (χ0v) is 23.4. The first-order valence-electron chi connectivity index (χ1n) is 14.7. The first-order valence-corrected chi connectivity index (χ1v) is 14.7. The maximum Gasteiger partial charge on any atom is 0.246 e. The van der Waals surface area contributed by atoms with Gasteiger partial charge in [-0.2, -0.15) is 0 Å². The van der Waals surface area contributed by atoms with Crippen molar-refractivity contribution in [3.05, 3.63) is 71.8 Å². The van der Waals surface area contributed by atoms with Crippen LogP contribution in [0.2, 0.25) is 0 Å². The highest BCUT2D eigenvalue weighted by Crippen LogP contribution is 2.34. The van der Waals surface area contributed by atoms with Crippen LogP contribution in [0.4, 0.5) is 0 Å². The highest BCUT2D eigenvalue weighted by molar-refractivity contribution is 6.00. The largest absolute Gasteiger partial charge is 0.356 e. The molecule has 0 bridgehead atoms. The van der Waals surface area contributed by atoms with Crippen molar-refractivity contribution in [3.8, 4) is 0 Å². The van der Waals surface area contributed by atoms with Gasteiger partial charge in [0.1, 0.15) is 11.6 Å². The van der Waals surface area contributed by atoms with Gasteiger partial charge in [-0.15, -0.1) is 0 Å². The number of nitrogens with one attached hydrogen (secondary N) is 2. The highest BCUT2D eigenvalue weighted by Gasteiger charge is 2.52. The van der Waals surface area contributed by atoms with Gasteiger partial charge >= 0.3 is 0 Å². The standard InChI is InChI=1S/C32H44N4O3/c1-2-22-36-30(38)28(15-9-10-21-33-29(37)17-16-26-11-5-3-6-12-26)34-31(39)32(36)19-24-35(25-20-32)23-18-27-13-7-4-8-14-27/h3-8,11-14,28H,2,9-10,15-25H2,1H3,(H,33,37)(H,34,39)/t28-/m0/s1. The molecule has 2 aliphatic rings. The van der Waals surface area contributed by atoms with E-state index in [0.717, 1.165) is 57.3 Å². The number of unbranched alkanes of at least 4 members (excludes halogenated alkanes) is 1. The van der Waals surface area contributed by atoms with Crippen LogP contribution in [0.5, 0.6) is 0 Å². The molecule has 1 spiro atoms. The molecule has 0 saturated carbocycles. The molecule has 39 heavy (non-hydrogen) atoms. The average Bonchev–Trinajstić information content (AvgIpc) is 2.97. The van der Waals surface area contributed by atoms with Crippen molar-refractivity contribution in [3.63, 3.8) is 0 Å². The second kappa shape index (κ2) is 14.3. The molecule has 0 unspecified atom stereocenters. The lowest BCUT2D eigenvalue weighted by atomic mass is 9.81. The van der Waals surface area contributed by atoms with E-state index in [0.29, 0.717) is 38.8 Å². The van der Waals surface area contributed by atoms with Crippen LogP contribution in [0.15, 0.2) is 60.7 Å². The fraction of sp³-hybridized carbons (Fsp3) is 0.531. The molecule has 2 aromatic carbocycles. The monoisotopic (exact) mass is 532 g/mol. The zero-order chi connectivity index (χ0) is 27.5. The Kier molecular flexibility index (Phi) is 10.5. The number of aryl methyl sites for hydroxylation is 1. The summed E-state index contributed by atoms with van der Waals surface area (Å²) in [5.74, 6) is 0.116. The van der Waals surface area contributed by atoms with Crippen molar-refractivity contribution in [2.45, 2.75) is 76.3 Å². The van der Waals surface area contributed by atoms with Gasteiger partial charge in [0.15, 0.2) is 0 Å². The smallest absolute Gasteiger partial charge is 0.246 e. The van der Waals surface area contributed by atoms with Gasteiger partial charge in [-0.3, -0.25) is 14.4 Å². The molecule has 7 heteroatoms. The van der Waals surface area contributed by atoms with Crippen molar-refractivity contribution in [1.29, 1.82) is 0 Å². The Morgan fingerprint density at radius 2 is 1.56 bits per heavy atom. The van der Waals surface area contributed by atoms with E-state index in [-0.39, 0.29) is 17.7 Å². The van der Waals surface area contributed by atoms with Gasteiger partial charge in [0.2, 0.25) is 17.7 Å². The topological polar surface area (TPSA) is 81.8 Å². The van der Waals surface area contributed by atoms with E-state index in [2.05, 4.69) is 46.7 Å². The van der Waals surface area contributed by atoms with Crippen LogP contribution in [0, 0.1) is 0 Å². The Labute approximate surface area is 233 Å². The van der Waals surface area contributed by atoms with Crippen molar-refractivity contribution in [2.24, 2.45) is 0 Å². The third-order valence-corrected chi connectivity index (χ3v) is 8.22. The Bertz CT molecular complexity index is 1070. The van der Waals surface area contributed by atoms with Crippen LogP contribution in [0.3, 0.4) is 0 Å². The quantitative estimate of drug-likeness (QED) is 0.386. The number of piperidine rings is 1. The number of rotatable bonds is 13. The maximum absolute atomic E-state index is 13.5. The van der Waals surface area contributed by atoms with E-state index >= 15 is 0 Å². The molecule has 2 N–H and O–H groups in total. The number of likely N-dealkylation sites (tertiary alicyclic amines) is 1.